The molecule has 3 rings (SSSR count). The second-order valence-corrected chi connectivity index (χ2v) is 7.89. The van der Waals surface area contributed by atoms with E-state index in [0.717, 1.165) is 11.1 Å². The summed E-state index contributed by atoms with van der Waals surface area (Å²) in [5, 5.41) is 14.3. The van der Waals surface area contributed by atoms with Gasteiger partial charge in [0.1, 0.15) is 5.75 Å². The van der Waals surface area contributed by atoms with Gasteiger partial charge in [-0.15, -0.1) is 0 Å². The van der Waals surface area contributed by atoms with Crippen LogP contribution in [0.4, 0.5) is 11.4 Å². The van der Waals surface area contributed by atoms with Gasteiger partial charge in [0.15, 0.2) is 0 Å². The van der Waals surface area contributed by atoms with E-state index in [4.69, 9.17) is 16.3 Å². The molecule has 0 fully saturated rings. The number of halogens is 1. The van der Waals surface area contributed by atoms with E-state index >= 15 is 0 Å². The Hall–Kier alpha value is -3.91. The van der Waals surface area contributed by atoms with Crippen molar-refractivity contribution in [2.24, 2.45) is 0 Å². The SMILES string of the molecule is Cc1cccc(NC(=O)CN(C)C(=O)c2ccc(Oc3ccc(Cl)cc3[N+](=O)[O-])cc2)c1C. The molecule has 0 aliphatic carbocycles. The molecule has 9 heteroatoms. The highest BCUT2D eigenvalue weighted by atomic mass is 35.5. The summed E-state index contributed by atoms with van der Waals surface area (Å²) in [5.74, 6) is -0.319. The maximum Gasteiger partial charge on any atom is 0.313 e. The molecule has 0 unspecified atom stereocenters. The monoisotopic (exact) mass is 467 g/mol. The molecule has 170 valence electrons. The Morgan fingerprint density at radius 2 is 1.79 bits per heavy atom. The Kier molecular flexibility index (Phi) is 7.30. The molecule has 1 N–H and O–H groups in total. The first-order valence-electron chi connectivity index (χ1n) is 9.99. The van der Waals surface area contributed by atoms with Gasteiger partial charge in [-0.3, -0.25) is 19.7 Å². The zero-order valence-corrected chi connectivity index (χ0v) is 19.1. The highest BCUT2D eigenvalue weighted by molar-refractivity contribution is 6.30. The third-order valence-electron chi connectivity index (χ3n) is 5.05. The second-order valence-electron chi connectivity index (χ2n) is 7.45. The number of hydrogen-bond acceptors (Lipinski definition) is 5. The van der Waals surface area contributed by atoms with Crippen molar-refractivity contribution in [1.29, 1.82) is 0 Å². The number of nitro groups is 1. The van der Waals surface area contributed by atoms with Gasteiger partial charge >= 0.3 is 5.69 Å². The first kappa shape index (κ1) is 23.7. The topological polar surface area (TPSA) is 102 Å². The number of likely N-dealkylation sites (N-methyl/N-ethyl adjacent to an activating group) is 1. The van der Waals surface area contributed by atoms with Crippen molar-refractivity contribution in [2.45, 2.75) is 13.8 Å². The van der Waals surface area contributed by atoms with Crippen LogP contribution in [0.15, 0.2) is 60.7 Å². The van der Waals surface area contributed by atoms with Gasteiger partial charge in [0.2, 0.25) is 11.7 Å². The lowest BCUT2D eigenvalue weighted by molar-refractivity contribution is -0.385. The molecule has 0 heterocycles. The van der Waals surface area contributed by atoms with Gasteiger partial charge in [-0.05, 0) is 67.4 Å². The molecule has 33 heavy (non-hydrogen) atoms. The number of benzene rings is 3. The molecule has 0 aliphatic rings. The number of hydrogen-bond donors (Lipinski definition) is 1. The summed E-state index contributed by atoms with van der Waals surface area (Å²) in [5.41, 5.74) is 2.81. The van der Waals surface area contributed by atoms with Gasteiger partial charge in [0.05, 0.1) is 11.5 Å². The highest BCUT2D eigenvalue weighted by Gasteiger charge is 2.18. The lowest BCUT2D eigenvalue weighted by Gasteiger charge is -2.18. The van der Waals surface area contributed by atoms with Crippen LogP contribution in [0.25, 0.3) is 0 Å². The number of ether oxygens (including phenoxy) is 1. The van der Waals surface area contributed by atoms with Crippen LogP contribution in [0, 0.1) is 24.0 Å². The molecule has 0 saturated heterocycles. The van der Waals surface area contributed by atoms with Gasteiger partial charge in [-0.1, -0.05) is 23.7 Å². The molecule has 0 atom stereocenters. The molecular weight excluding hydrogens is 446 g/mol. The summed E-state index contributed by atoms with van der Waals surface area (Å²) in [7, 11) is 1.53. The van der Waals surface area contributed by atoms with Crippen LogP contribution in [-0.2, 0) is 4.79 Å². The fraction of sp³-hybridized carbons (Fsp3) is 0.167. The Bertz CT molecular complexity index is 1210. The van der Waals surface area contributed by atoms with Crippen LogP contribution >= 0.6 is 11.6 Å². The summed E-state index contributed by atoms with van der Waals surface area (Å²) in [4.78, 5) is 37.0. The summed E-state index contributed by atoms with van der Waals surface area (Å²) in [6.45, 7) is 3.75. The van der Waals surface area contributed by atoms with Crippen molar-refractivity contribution >= 4 is 34.8 Å². The average Bonchev–Trinajstić information content (AvgIpc) is 2.78. The summed E-state index contributed by atoms with van der Waals surface area (Å²) in [6.07, 6.45) is 0. The summed E-state index contributed by atoms with van der Waals surface area (Å²) >= 11 is 5.81. The van der Waals surface area contributed by atoms with Crippen LogP contribution in [0.5, 0.6) is 11.5 Å². The Labute approximate surface area is 195 Å². The third kappa shape index (κ3) is 5.87. The molecule has 0 saturated carbocycles. The van der Waals surface area contributed by atoms with E-state index in [1.54, 1.807) is 0 Å². The van der Waals surface area contributed by atoms with E-state index in [-0.39, 0.29) is 34.8 Å². The fourth-order valence-electron chi connectivity index (χ4n) is 3.10. The summed E-state index contributed by atoms with van der Waals surface area (Å²) < 4.78 is 5.58. The van der Waals surface area contributed by atoms with Crippen LogP contribution in [0.2, 0.25) is 5.02 Å². The predicted octanol–water partition coefficient (Wildman–Crippen LogP) is 5.37. The zero-order valence-electron chi connectivity index (χ0n) is 18.3. The van der Waals surface area contributed by atoms with Crippen molar-refractivity contribution in [2.75, 3.05) is 18.9 Å². The largest absolute Gasteiger partial charge is 0.450 e. The van der Waals surface area contributed by atoms with Crippen molar-refractivity contribution in [3.05, 3.63) is 92.5 Å². The zero-order chi connectivity index (χ0) is 24.1. The van der Waals surface area contributed by atoms with E-state index in [9.17, 15) is 19.7 Å². The number of rotatable bonds is 7. The molecule has 0 radical (unpaired) electrons. The molecule has 0 aromatic heterocycles. The second kappa shape index (κ2) is 10.1. The summed E-state index contributed by atoms with van der Waals surface area (Å²) in [6, 6.07) is 15.8. The van der Waals surface area contributed by atoms with Crippen molar-refractivity contribution < 1.29 is 19.2 Å². The highest BCUT2D eigenvalue weighted by Crippen LogP contribution is 2.33. The minimum absolute atomic E-state index is 0.0312. The minimum Gasteiger partial charge on any atom is -0.450 e. The van der Waals surface area contributed by atoms with Gasteiger partial charge in [-0.2, -0.15) is 0 Å². The van der Waals surface area contributed by atoms with Crippen LogP contribution < -0.4 is 10.1 Å². The molecule has 8 nitrogen and oxygen atoms in total. The maximum atomic E-state index is 12.7. The Morgan fingerprint density at radius 3 is 2.45 bits per heavy atom. The maximum absolute atomic E-state index is 12.7. The van der Waals surface area contributed by atoms with Gasteiger partial charge in [0, 0.05) is 29.4 Å². The molecule has 0 aliphatic heterocycles. The average molecular weight is 468 g/mol. The quantitative estimate of drug-likeness (QED) is 0.372. The van der Waals surface area contributed by atoms with E-state index in [0.29, 0.717) is 17.0 Å². The standard InChI is InChI=1S/C24H22ClN3O5/c1-15-5-4-6-20(16(15)2)26-23(29)14-27(3)24(30)17-7-10-19(11-8-17)33-22-12-9-18(25)13-21(22)28(31)32/h4-13H,14H2,1-3H3,(H,26,29). The number of nitrogens with one attached hydrogen (secondary N) is 1. The number of carbonyl (C=O) groups excluding carboxylic acids is 2. The first-order valence-corrected chi connectivity index (χ1v) is 10.4. The van der Waals surface area contributed by atoms with Gasteiger partial charge in [0.25, 0.3) is 5.91 Å². The normalized spacial score (nSPS) is 10.4. The molecule has 3 aromatic rings. The first-order chi connectivity index (χ1) is 15.7. The van der Waals surface area contributed by atoms with Gasteiger partial charge in [-0.25, -0.2) is 0 Å². The minimum atomic E-state index is -0.586. The van der Waals surface area contributed by atoms with Crippen molar-refractivity contribution in [1.82, 2.24) is 4.90 Å². The van der Waals surface area contributed by atoms with Gasteiger partial charge < -0.3 is 15.0 Å². The van der Waals surface area contributed by atoms with Crippen LogP contribution in [0.3, 0.4) is 0 Å². The fourth-order valence-corrected chi connectivity index (χ4v) is 3.26. The van der Waals surface area contributed by atoms with E-state index in [1.165, 1.54) is 54.4 Å². The number of anilines is 1. The Balaban J connectivity index is 1.64. The van der Waals surface area contributed by atoms with Crippen LogP contribution in [0.1, 0.15) is 21.5 Å². The van der Waals surface area contributed by atoms with E-state index in [1.807, 2.05) is 32.0 Å². The number of aryl methyl sites for hydroxylation is 1. The lowest BCUT2D eigenvalue weighted by Crippen LogP contribution is -2.35. The molecular formula is C24H22ClN3O5. The molecule has 3 aromatic carbocycles. The molecule has 0 spiro atoms. The number of carbonyl (C=O) groups is 2. The number of nitro benzene ring substituents is 1. The molecule has 0 bridgehead atoms. The van der Waals surface area contributed by atoms with E-state index < -0.39 is 4.92 Å². The lowest BCUT2D eigenvalue weighted by atomic mass is 10.1. The Morgan fingerprint density at radius 1 is 1.09 bits per heavy atom. The smallest absolute Gasteiger partial charge is 0.313 e. The van der Waals surface area contributed by atoms with E-state index in [2.05, 4.69) is 5.32 Å². The predicted molar refractivity (Wildman–Crippen MR) is 126 cm³/mol. The number of nitrogens with zero attached hydrogens (tertiary/aromatic N) is 2. The van der Waals surface area contributed by atoms with Crippen LogP contribution in [-0.4, -0.2) is 35.2 Å². The third-order valence-corrected chi connectivity index (χ3v) is 5.29. The molecule has 2 amide bonds. The van der Waals surface area contributed by atoms with Crippen molar-refractivity contribution in [3.8, 4) is 11.5 Å². The number of amides is 2. The van der Waals surface area contributed by atoms with Crippen molar-refractivity contribution in [3.63, 3.8) is 0 Å².